The van der Waals surface area contributed by atoms with Crippen LogP contribution in [0.25, 0.3) is 11.3 Å². The SMILES string of the molecule is COc1cc(-c2nc(N)nc(N)c2C#N)c(Cl)cc1OCC(N)=O. The number of anilines is 2. The predicted octanol–water partition coefficient (Wildman–Crippen LogP) is 0.706. The molecule has 0 unspecified atom stereocenters. The summed E-state index contributed by atoms with van der Waals surface area (Å²) in [6, 6.07) is 4.81. The first-order valence-electron chi connectivity index (χ1n) is 6.49. The number of nitrogen functional groups attached to an aromatic ring is 2. The third kappa shape index (κ3) is 3.39. The average Bonchev–Trinajstić information content (AvgIpc) is 2.52. The van der Waals surface area contributed by atoms with Crippen molar-refractivity contribution in [2.75, 3.05) is 25.2 Å². The number of nitriles is 1. The quantitative estimate of drug-likeness (QED) is 0.710. The monoisotopic (exact) mass is 348 g/mol. The Labute approximate surface area is 141 Å². The maximum Gasteiger partial charge on any atom is 0.255 e. The molecule has 24 heavy (non-hydrogen) atoms. The fraction of sp³-hybridized carbons (Fsp3) is 0.143. The second kappa shape index (κ2) is 6.89. The zero-order valence-electron chi connectivity index (χ0n) is 12.5. The maximum atomic E-state index is 10.8. The van der Waals surface area contributed by atoms with E-state index >= 15 is 0 Å². The number of ether oxygens (including phenoxy) is 2. The summed E-state index contributed by atoms with van der Waals surface area (Å²) in [6.07, 6.45) is 0. The zero-order valence-corrected chi connectivity index (χ0v) is 13.3. The summed E-state index contributed by atoms with van der Waals surface area (Å²) < 4.78 is 10.4. The summed E-state index contributed by atoms with van der Waals surface area (Å²) in [5, 5.41) is 9.45. The van der Waals surface area contributed by atoms with Crippen LogP contribution in [-0.2, 0) is 4.79 Å². The molecule has 9 nitrogen and oxygen atoms in total. The molecule has 2 aromatic rings. The lowest BCUT2D eigenvalue weighted by Crippen LogP contribution is -2.20. The van der Waals surface area contributed by atoms with Crippen molar-refractivity contribution in [1.82, 2.24) is 9.97 Å². The number of rotatable bonds is 5. The van der Waals surface area contributed by atoms with Gasteiger partial charge in [-0.15, -0.1) is 0 Å². The topological polar surface area (TPSA) is 163 Å². The van der Waals surface area contributed by atoms with Gasteiger partial charge in [0.15, 0.2) is 18.1 Å². The minimum atomic E-state index is -0.652. The largest absolute Gasteiger partial charge is 0.493 e. The Bertz CT molecular complexity index is 849. The van der Waals surface area contributed by atoms with Crippen LogP contribution in [0.1, 0.15) is 5.56 Å². The highest BCUT2D eigenvalue weighted by Crippen LogP contribution is 2.39. The number of nitrogens with two attached hydrogens (primary N) is 3. The summed E-state index contributed by atoms with van der Waals surface area (Å²) >= 11 is 6.24. The van der Waals surface area contributed by atoms with Gasteiger partial charge in [-0.3, -0.25) is 4.79 Å². The number of aromatic nitrogens is 2. The molecule has 0 radical (unpaired) electrons. The molecule has 0 aliphatic heterocycles. The summed E-state index contributed by atoms with van der Waals surface area (Å²) in [5.41, 5.74) is 16.9. The lowest BCUT2D eigenvalue weighted by Gasteiger charge is -2.14. The first-order chi connectivity index (χ1) is 11.4. The van der Waals surface area contributed by atoms with Gasteiger partial charge in [0.25, 0.3) is 5.91 Å². The van der Waals surface area contributed by atoms with E-state index in [1.807, 2.05) is 6.07 Å². The molecule has 0 fully saturated rings. The van der Waals surface area contributed by atoms with Gasteiger partial charge in [-0.2, -0.15) is 10.2 Å². The van der Waals surface area contributed by atoms with Gasteiger partial charge in [0, 0.05) is 11.6 Å². The van der Waals surface area contributed by atoms with Gasteiger partial charge in [0.05, 0.1) is 17.8 Å². The maximum absolute atomic E-state index is 10.8. The lowest BCUT2D eigenvalue weighted by atomic mass is 10.1. The third-order valence-electron chi connectivity index (χ3n) is 2.94. The van der Waals surface area contributed by atoms with E-state index in [1.165, 1.54) is 19.2 Å². The molecule has 0 aliphatic rings. The van der Waals surface area contributed by atoms with Crippen LogP contribution in [0.5, 0.6) is 11.5 Å². The van der Waals surface area contributed by atoms with Gasteiger partial charge in [0.2, 0.25) is 5.95 Å². The minimum Gasteiger partial charge on any atom is -0.493 e. The van der Waals surface area contributed by atoms with E-state index < -0.39 is 5.91 Å². The second-order valence-electron chi connectivity index (χ2n) is 4.54. The molecule has 1 heterocycles. The van der Waals surface area contributed by atoms with Gasteiger partial charge >= 0.3 is 0 Å². The lowest BCUT2D eigenvalue weighted by molar-refractivity contribution is -0.119. The highest BCUT2D eigenvalue weighted by molar-refractivity contribution is 6.33. The normalized spacial score (nSPS) is 10.0. The molecule has 0 saturated heterocycles. The van der Waals surface area contributed by atoms with E-state index in [2.05, 4.69) is 9.97 Å². The molecule has 124 valence electrons. The Kier molecular flexibility index (Phi) is 4.91. The number of hydrogen-bond donors (Lipinski definition) is 3. The third-order valence-corrected chi connectivity index (χ3v) is 3.26. The van der Waals surface area contributed by atoms with E-state index in [1.54, 1.807) is 0 Å². The van der Waals surface area contributed by atoms with Crippen LogP contribution < -0.4 is 26.7 Å². The number of carbonyl (C=O) groups is 1. The number of primary amides is 1. The Morgan fingerprint density at radius 3 is 2.62 bits per heavy atom. The number of carbonyl (C=O) groups excluding carboxylic acids is 1. The number of benzene rings is 1. The van der Waals surface area contributed by atoms with Crippen LogP contribution in [-0.4, -0.2) is 29.6 Å². The van der Waals surface area contributed by atoms with Gasteiger partial charge in [-0.25, -0.2) is 4.98 Å². The summed E-state index contributed by atoms with van der Waals surface area (Å²) in [5.74, 6) is -0.358. The van der Waals surface area contributed by atoms with Crippen LogP contribution in [0.2, 0.25) is 5.02 Å². The van der Waals surface area contributed by atoms with E-state index in [9.17, 15) is 10.1 Å². The van der Waals surface area contributed by atoms with Gasteiger partial charge in [-0.1, -0.05) is 11.6 Å². The molecule has 10 heteroatoms. The molecule has 0 atom stereocenters. The van der Waals surface area contributed by atoms with Gasteiger partial charge in [0.1, 0.15) is 17.5 Å². The highest BCUT2D eigenvalue weighted by Gasteiger charge is 2.19. The molecule has 1 amide bonds. The average molecular weight is 349 g/mol. The summed E-state index contributed by atoms with van der Waals surface area (Å²) in [6.45, 7) is -0.344. The Hall–Kier alpha value is -3.25. The van der Waals surface area contributed by atoms with Crippen molar-refractivity contribution in [2.24, 2.45) is 5.73 Å². The molecular formula is C14H13ClN6O3. The molecule has 0 saturated carbocycles. The summed E-state index contributed by atoms with van der Waals surface area (Å²) in [4.78, 5) is 18.6. The second-order valence-corrected chi connectivity index (χ2v) is 4.95. The Morgan fingerprint density at radius 1 is 1.33 bits per heavy atom. The van der Waals surface area contributed by atoms with Crippen LogP contribution >= 0.6 is 11.6 Å². The van der Waals surface area contributed by atoms with E-state index in [0.717, 1.165) is 0 Å². The van der Waals surface area contributed by atoms with E-state index in [0.29, 0.717) is 5.56 Å². The van der Waals surface area contributed by atoms with E-state index in [-0.39, 0.29) is 46.2 Å². The highest BCUT2D eigenvalue weighted by atomic mass is 35.5. The molecule has 2 rings (SSSR count). The van der Waals surface area contributed by atoms with Gasteiger partial charge in [-0.05, 0) is 6.07 Å². The van der Waals surface area contributed by atoms with Crippen molar-refractivity contribution in [3.63, 3.8) is 0 Å². The standard InChI is InChI=1S/C14H13ClN6O3/c1-23-9-2-6(8(15)3-10(9)24-5-11(17)22)12-7(4-16)13(18)21-14(19)20-12/h2-3H,5H2,1H3,(H2,17,22)(H4,18,19,20,21). The number of hydrogen-bond acceptors (Lipinski definition) is 8. The minimum absolute atomic E-state index is 0.0268. The molecule has 1 aromatic carbocycles. The van der Waals surface area contributed by atoms with Crippen LogP contribution in [0.15, 0.2) is 12.1 Å². The van der Waals surface area contributed by atoms with Crippen molar-refractivity contribution in [3.8, 4) is 28.8 Å². The molecule has 0 spiro atoms. The van der Waals surface area contributed by atoms with Crippen molar-refractivity contribution < 1.29 is 14.3 Å². The van der Waals surface area contributed by atoms with Crippen molar-refractivity contribution in [3.05, 3.63) is 22.7 Å². The van der Waals surface area contributed by atoms with Gasteiger partial charge < -0.3 is 26.7 Å². The smallest absolute Gasteiger partial charge is 0.255 e. The molecule has 6 N–H and O–H groups in total. The van der Waals surface area contributed by atoms with E-state index in [4.69, 9.17) is 38.3 Å². The number of amides is 1. The molecular weight excluding hydrogens is 336 g/mol. The van der Waals surface area contributed by atoms with Crippen molar-refractivity contribution >= 4 is 29.3 Å². The molecule has 1 aromatic heterocycles. The Balaban J connectivity index is 2.61. The first-order valence-corrected chi connectivity index (χ1v) is 6.87. The zero-order chi connectivity index (χ0) is 17.9. The fourth-order valence-corrected chi connectivity index (χ4v) is 2.18. The van der Waals surface area contributed by atoms with Crippen LogP contribution in [0.3, 0.4) is 0 Å². The predicted molar refractivity (Wildman–Crippen MR) is 87.3 cm³/mol. The van der Waals surface area contributed by atoms with Crippen LogP contribution in [0.4, 0.5) is 11.8 Å². The van der Waals surface area contributed by atoms with Crippen LogP contribution in [0, 0.1) is 11.3 Å². The molecule has 0 bridgehead atoms. The molecule has 0 aliphatic carbocycles. The number of methoxy groups -OCH3 is 1. The fourth-order valence-electron chi connectivity index (χ4n) is 1.94. The number of nitrogens with zero attached hydrogens (tertiary/aromatic N) is 3. The Morgan fingerprint density at radius 2 is 2.04 bits per heavy atom. The van der Waals surface area contributed by atoms with Crippen molar-refractivity contribution in [2.45, 2.75) is 0 Å². The first kappa shape index (κ1) is 17.1. The summed E-state index contributed by atoms with van der Waals surface area (Å²) in [7, 11) is 1.40. The van der Waals surface area contributed by atoms with Crippen molar-refractivity contribution in [1.29, 1.82) is 5.26 Å². The number of halogens is 1.